The zero-order chi connectivity index (χ0) is 21.4. The monoisotopic (exact) mass is 445 g/mol. The molecular weight excluding hydrogens is 422 g/mol. The van der Waals surface area contributed by atoms with E-state index in [4.69, 9.17) is 16.3 Å². The number of amides is 1. The maximum atomic E-state index is 12.7. The van der Waals surface area contributed by atoms with Crippen LogP contribution in [0.25, 0.3) is 15.9 Å². The van der Waals surface area contributed by atoms with Crippen molar-refractivity contribution in [3.8, 4) is 5.69 Å². The first-order chi connectivity index (χ1) is 14.4. The van der Waals surface area contributed by atoms with Crippen LogP contribution in [0.2, 0.25) is 5.02 Å². The first-order valence-electron chi connectivity index (χ1n) is 10.1. The average molecular weight is 446 g/mol. The molecule has 3 heterocycles. The number of carbonyl (C=O) groups excluding carboxylic acids is 2. The number of ether oxygens (including phenoxy) is 1. The second-order valence-corrected chi connectivity index (χ2v) is 9.22. The summed E-state index contributed by atoms with van der Waals surface area (Å²) in [5.74, 6) is -0.630. The lowest BCUT2D eigenvalue weighted by Crippen LogP contribution is -2.49. The summed E-state index contributed by atoms with van der Waals surface area (Å²) < 4.78 is 7.12. The van der Waals surface area contributed by atoms with Gasteiger partial charge in [0.2, 0.25) is 0 Å². The van der Waals surface area contributed by atoms with Gasteiger partial charge in [-0.15, -0.1) is 11.3 Å². The summed E-state index contributed by atoms with van der Waals surface area (Å²) in [6.07, 6.45) is 3.09. The number of para-hydroxylation sites is 1. The third-order valence-electron chi connectivity index (χ3n) is 5.63. The minimum absolute atomic E-state index is 0.136. The number of benzene rings is 1. The van der Waals surface area contributed by atoms with Crippen LogP contribution in [0.15, 0.2) is 30.3 Å². The van der Waals surface area contributed by atoms with E-state index in [-0.39, 0.29) is 24.6 Å². The summed E-state index contributed by atoms with van der Waals surface area (Å²) in [6, 6.07) is 9.55. The van der Waals surface area contributed by atoms with Gasteiger partial charge in [-0.05, 0) is 58.2 Å². The molecule has 1 aliphatic heterocycles. The average Bonchev–Trinajstić information content (AvgIpc) is 3.27. The van der Waals surface area contributed by atoms with Crippen molar-refractivity contribution in [1.82, 2.24) is 14.7 Å². The smallest absolute Gasteiger partial charge is 0.348 e. The van der Waals surface area contributed by atoms with E-state index >= 15 is 0 Å². The van der Waals surface area contributed by atoms with Crippen molar-refractivity contribution in [2.24, 2.45) is 0 Å². The summed E-state index contributed by atoms with van der Waals surface area (Å²) in [4.78, 5) is 28.4. The van der Waals surface area contributed by atoms with Crippen molar-refractivity contribution in [3.05, 3.63) is 45.9 Å². The fraction of sp³-hybridized carbons (Fsp3) is 0.409. The topological polar surface area (TPSA) is 64.4 Å². The number of esters is 1. The lowest BCUT2D eigenvalue weighted by Gasteiger charge is -2.38. The molecule has 30 heavy (non-hydrogen) atoms. The molecule has 0 N–H and O–H groups in total. The number of fused-ring (bicyclic) bond motifs is 1. The number of halogens is 1. The van der Waals surface area contributed by atoms with Crippen LogP contribution < -0.4 is 0 Å². The van der Waals surface area contributed by atoms with Gasteiger partial charge in [0, 0.05) is 17.5 Å². The molecule has 0 spiro atoms. The molecule has 8 heteroatoms. The SMILES string of the molecule is Cc1nn(-c2ccccc2Cl)c2sc(C(=O)OCC(=O)N3C(C)CCCC3C)cc12. The van der Waals surface area contributed by atoms with Gasteiger partial charge in [-0.2, -0.15) is 5.10 Å². The Morgan fingerprint density at radius 3 is 2.63 bits per heavy atom. The first kappa shape index (κ1) is 20.9. The minimum atomic E-state index is -0.494. The Bertz CT molecular complexity index is 1100. The van der Waals surface area contributed by atoms with E-state index in [9.17, 15) is 9.59 Å². The molecule has 158 valence electrons. The quantitative estimate of drug-likeness (QED) is 0.530. The summed E-state index contributed by atoms with van der Waals surface area (Å²) in [5.41, 5.74) is 1.55. The predicted molar refractivity (Wildman–Crippen MR) is 119 cm³/mol. The molecule has 1 amide bonds. The van der Waals surface area contributed by atoms with E-state index < -0.39 is 5.97 Å². The molecule has 2 aromatic heterocycles. The van der Waals surface area contributed by atoms with Crippen molar-refractivity contribution < 1.29 is 14.3 Å². The third-order valence-corrected chi connectivity index (χ3v) is 7.04. The molecule has 0 bridgehead atoms. The highest BCUT2D eigenvalue weighted by molar-refractivity contribution is 7.20. The molecule has 3 aromatic rings. The standard InChI is InChI=1S/C22H24ClN3O3S/c1-13-7-6-8-14(2)25(13)20(27)12-29-22(28)19-11-16-15(3)24-26(21(16)30-19)18-10-5-4-9-17(18)23/h4-5,9-11,13-14H,6-8,12H2,1-3H3. The molecule has 1 saturated heterocycles. The predicted octanol–water partition coefficient (Wildman–Crippen LogP) is 5.00. The zero-order valence-corrected chi connectivity index (χ0v) is 18.8. The number of nitrogens with zero attached hydrogens (tertiary/aromatic N) is 3. The van der Waals surface area contributed by atoms with Crippen molar-refractivity contribution in [2.75, 3.05) is 6.61 Å². The third kappa shape index (κ3) is 3.84. The fourth-order valence-electron chi connectivity index (χ4n) is 4.12. The van der Waals surface area contributed by atoms with Crippen LogP contribution in [-0.2, 0) is 9.53 Å². The normalized spacial score (nSPS) is 19.3. The lowest BCUT2D eigenvalue weighted by atomic mass is 9.97. The Morgan fingerprint density at radius 1 is 1.23 bits per heavy atom. The molecule has 2 unspecified atom stereocenters. The number of rotatable bonds is 4. The van der Waals surface area contributed by atoms with Gasteiger partial charge in [-0.3, -0.25) is 4.79 Å². The molecule has 1 aromatic carbocycles. The van der Waals surface area contributed by atoms with Crippen LogP contribution in [0.5, 0.6) is 0 Å². The van der Waals surface area contributed by atoms with Crippen LogP contribution in [0, 0.1) is 6.92 Å². The van der Waals surface area contributed by atoms with Crippen molar-refractivity contribution in [1.29, 1.82) is 0 Å². The summed E-state index contributed by atoms with van der Waals surface area (Å²) >= 11 is 7.62. The fourth-order valence-corrected chi connectivity index (χ4v) is 5.41. The number of hydrogen-bond donors (Lipinski definition) is 0. The Hall–Kier alpha value is -2.38. The Labute approximate surface area is 184 Å². The van der Waals surface area contributed by atoms with E-state index in [0.717, 1.165) is 40.9 Å². The second kappa shape index (κ2) is 8.40. The zero-order valence-electron chi connectivity index (χ0n) is 17.2. The maximum absolute atomic E-state index is 12.7. The molecule has 6 nitrogen and oxygen atoms in total. The number of piperidine rings is 1. The van der Waals surface area contributed by atoms with E-state index in [1.165, 1.54) is 11.3 Å². The summed E-state index contributed by atoms with van der Waals surface area (Å²) in [6.45, 7) is 5.74. The molecule has 0 radical (unpaired) electrons. The molecule has 0 aliphatic carbocycles. The van der Waals surface area contributed by atoms with Crippen molar-refractivity contribution >= 4 is 45.0 Å². The van der Waals surface area contributed by atoms with E-state index in [0.29, 0.717) is 9.90 Å². The molecule has 4 rings (SSSR count). The van der Waals surface area contributed by atoms with Crippen molar-refractivity contribution in [3.63, 3.8) is 0 Å². The van der Waals surface area contributed by atoms with E-state index in [2.05, 4.69) is 5.10 Å². The van der Waals surface area contributed by atoms with Crippen LogP contribution in [0.1, 0.15) is 48.5 Å². The number of thiophene rings is 1. The number of aryl methyl sites for hydroxylation is 1. The first-order valence-corrected chi connectivity index (χ1v) is 11.3. The summed E-state index contributed by atoms with van der Waals surface area (Å²) in [7, 11) is 0. The van der Waals surface area contributed by atoms with Gasteiger partial charge in [0.25, 0.3) is 5.91 Å². The molecule has 1 aliphatic rings. The number of carbonyl (C=O) groups is 2. The van der Waals surface area contributed by atoms with Crippen LogP contribution in [-0.4, -0.2) is 45.2 Å². The molecule has 2 atom stereocenters. The van der Waals surface area contributed by atoms with Gasteiger partial charge in [0.05, 0.1) is 16.4 Å². The Morgan fingerprint density at radius 2 is 1.93 bits per heavy atom. The highest BCUT2D eigenvalue weighted by Gasteiger charge is 2.29. The van der Waals surface area contributed by atoms with Crippen LogP contribution in [0.3, 0.4) is 0 Å². The largest absolute Gasteiger partial charge is 0.451 e. The van der Waals surface area contributed by atoms with Crippen LogP contribution >= 0.6 is 22.9 Å². The molecular formula is C22H24ClN3O3S. The van der Waals surface area contributed by atoms with Gasteiger partial charge < -0.3 is 9.64 Å². The highest BCUT2D eigenvalue weighted by Crippen LogP contribution is 2.32. The van der Waals surface area contributed by atoms with E-state index in [1.54, 1.807) is 16.8 Å². The van der Waals surface area contributed by atoms with Gasteiger partial charge >= 0.3 is 5.97 Å². The minimum Gasteiger partial charge on any atom is -0.451 e. The van der Waals surface area contributed by atoms with Gasteiger partial charge in [0.15, 0.2) is 6.61 Å². The van der Waals surface area contributed by atoms with Gasteiger partial charge in [0.1, 0.15) is 9.71 Å². The molecule has 0 saturated carbocycles. The second-order valence-electron chi connectivity index (χ2n) is 7.78. The van der Waals surface area contributed by atoms with Crippen molar-refractivity contribution in [2.45, 2.75) is 52.1 Å². The summed E-state index contributed by atoms with van der Waals surface area (Å²) in [5, 5.41) is 6.01. The number of aromatic nitrogens is 2. The number of likely N-dealkylation sites (tertiary alicyclic amines) is 1. The maximum Gasteiger partial charge on any atom is 0.348 e. The highest BCUT2D eigenvalue weighted by atomic mass is 35.5. The van der Waals surface area contributed by atoms with Gasteiger partial charge in [-0.1, -0.05) is 23.7 Å². The van der Waals surface area contributed by atoms with Gasteiger partial charge in [-0.25, -0.2) is 9.48 Å². The lowest BCUT2D eigenvalue weighted by molar-refractivity contribution is -0.140. The van der Waals surface area contributed by atoms with Crippen LogP contribution in [0.4, 0.5) is 0 Å². The van der Waals surface area contributed by atoms with E-state index in [1.807, 2.05) is 43.9 Å². The molecule has 1 fully saturated rings. The Balaban J connectivity index is 1.52. The Kier molecular flexibility index (Phi) is 5.84. The number of hydrogen-bond acceptors (Lipinski definition) is 5.